The van der Waals surface area contributed by atoms with Crippen LogP contribution in [-0.2, 0) is 0 Å². The van der Waals surface area contributed by atoms with Crippen LogP contribution in [0.5, 0.6) is 0 Å². The first-order chi connectivity index (χ1) is 14.1. The van der Waals surface area contributed by atoms with Crippen molar-refractivity contribution in [2.45, 2.75) is 6.92 Å². The zero-order chi connectivity index (χ0) is 20.6. The maximum atomic E-state index is 5.22. The summed E-state index contributed by atoms with van der Waals surface area (Å²) in [4.78, 5) is 0.564. The van der Waals surface area contributed by atoms with Crippen LogP contribution in [0.25, 0.3) is 10.8 Å². The lowest BCUT2D eigenvalue weighted by atomic mass is 9.95. The van der Waals surface area contributed by atoms with Crippen LogP contribution in [-0.4, -0.2) is 28.6 Å². The molecule has 0 aliphatic heterocycles. The van der Waals surface area contributed by atoms with Gasteiger partial charge in [-0.1, -0.05) is 85.0 Å². The minimum atomic E-state index is 0.411. The standard InChI is InChI=1S/C22H21N5S2/c1-15(28)24-25-20(17-10-4-3-5-11-17)21(26-27-22(29)23-2)19-14-8-12-16-9-6-7-13-18(16)19/h3-14H,1-2H3,(H,24,28)(H2,23,27,29)/b25-20+,26-21+. The lowest BCUT2D eigenvalue weighted by Gasteiger charge is -2.14. The smallest absolute Gasteiger partial charge is 0.186 e. The molecule has 0 saturated carbocycles. The summed E-state index contributed by atoms with van der Waals surface area (Å²) in [6.45, 7) is 1.78. The number of benzene rings is 3. The van der Waals surface area contributed by atoms with Gasteiger partial charge in [0.15, 0.2) is 5.11 Å². The van der Waals surface area contributed by atoms with E-state index in [4.69, 9.17) is 24.4 Å². The summed E-state index contributed by atoms with van der Waals surface area (Å²) < 4.78 is 0. The zero-order valence-electron chi connectivity index (χ0n) is 16.1. The first kappa shape index (κ1) is 20.6. The van der Waals surface area contributed by atoms with Gasteiger partial charge in [-0.15, -0.1) is 0 Å². The highest BCUT2D eigenvalue weighted by atomic mass is 32.1. The molecule has 0 atom stereocenters. The Bertz CT molecular complexity index is 1090. The first-order valence-corrected chi connectivity index (χ1v) is 9.85. The second-order valence-electron chi connectivity index (χ2n) is 6.17. The fourth-order valence-electron chi connectivity index (χ4n) is 2.82. The molecule has 0 amide bonds. The van der Waals surface area contributed by atoms with Crippen molar-refractivity contribution in [2.75, 3.05) is 7.05 Å². The lowest BCUT2D eigenvalue weighted by molar-refractivity contribution is 0.976. The Labute approximate surface area is 180 Å². The molecule has 0 spiro atoms. The number of rotatable bonds is 5. The third-order valence-corrected chi connectivity index (χ3v) is 4.52. The fraction of sp³-hybridized carbons (Fsp3) is 0.0909. The van der Waals surface area contributed by atoms with Gasteiger partial charge < -0.3 is 5.32 Å². The van der Waals surface area contributed by atoms with Gasteiger partial charge in [0, 0.05) is 18.2 Å². The Morgan fingerprint density at radius 1 is 0.759 bits per heavy atom. The van der Waals surface area contributed by atoms with Crippen molar-refractivity contribution in [3.05, 3.63) is 83.9 Å². The van der Waals surface area contributed by atoms with Crippen molar-refractivity contribution in [2.24, 2.45) is 10.2 Å². The average Bonchev–Trinajstić information content (AvgIpc) is 2.76. The lowest BCUT2D eigenvalue weighted by Crippen LogP contribution is -2.32. The number of nitrogens with one attached hydrogen (secondary N) is 3. The Hall–Kier alpha value is -3.16. The third-order valence-electron chi connectivity index (χ3n) is 4.14. The highest BCUT2D eigenvalue weighted by molar-refractivity contribution is 7.80. The van der Waals surface area contributed by atoms with E-state index in [2.05, 4.69) is 44.6 Å². The van der Waals surface area contributed by atoms with E-state index in [1.807, 2.05) is 54.6 Å². The maximum absolute atomic E-state index is 5.22. The van der Waals surface area contributed by atoms with Gasteiger partial charge in [0.1, 0.15) is 11.4 Å². The topological polar surface area (TPSA) is 60.8 Å². The molecule has 0 aliphatic rings. The predicted octanol–water partition coefficient (Wildman–Crippen LogP) is 3.98. The SMILES string of the molecule is CNC(=S)N/N=C(/C(=N/NC(C)=S)c1ccccc1)c1cccc2ccccc12. The number of hydrogen-bond donors (Lipinski definition) is 3. The molecule has 0 aromatic heterocycles. The Morgan fingerprint density at radius 3 is 2.14 bits per heavy atom. The molecule has 3 aromatic carbocycles. The van der Waals surface area contributed by atoms with Crippen LogP contribution in [0.1, 0.15) is 18.1 Å². The molecule has 146 valence electrons. The molecule has 0 aliphatic carbocycles. The largest absolute Gasteiger partial charge is 0.364 e. The number of fused-ring (bicyclic) bond motifs is 1. The Kier molecular flexibility index (Phi) is 6.99. The summed E-state index contributed by atoms with van der Waals surface area (Å²) >= 11 is 10.4. The molecule has 0 heterocycles. The van der Waals surface area contributed by atoms with Crippen molar-refractivity contribution < 1.29 is 0 Å². The molecular weight excluding hydrogens is 398 g/mol. The molecule has 0 radical (unpaired) electrons. The molecule has 0 saturated heterocycles. The van der Waals surface area contributed by atoms with Gasteiger partial charge in [-0.05, 0) is 29.9 Å². The van der Waals surface area contributed by atoms with Crippen LogP contribution >= 0.6 is 24.4 Å². The summed E-state index contributed by atoms with van der Waals surface area (Å²) in [5.74, 6) is 0. The predicted molar refractivity (Wildman–Crippen MR) is 130 cm³/mol. The summed E-state index contributed by atoms with van der Waals surface area (Å²) in [6, 6.07) is 24.1. The number of nitrogens with zero attached hydrogens (tertiary/aromatic N) is 2. The zero-order valence-corrected chi connectivity index (χ0v) is 17.8. The first-order valence-electron chi connectivity index (χ1n) is 9.03. The van der Waals surface area contributed by atoms with Crippen LogP contribution in [0.15, 0.2) is 83.0 Å². The van der Waals surface area contributed by atoms with Gasteiger partial charge in [-0.25, -0.2) is 0 Å². The summed E-state index contributed by atoms with van der Waals surface area (Å²) in [5, 5.41) is 14.7. The number of hydrogen-bond acceptors (Lipinski definition) is 4. The van der Waals surface area contributed by atoms with Crippen molar-refractivity contribution in [1.29, 1.82) is 0 Å². The molecule has 0 unspecified atom stereocenters. The second-order valence-corrected chi connectivity index (χ2v) is 7.19. The Morgan fingerprint density at radius 2 is 1.41 bits per heavy atom. The summed E-state index contributed by atoms with van der Waals surface area (Å²) in [5.41, 5.74) is 8.94. The van der Waals surface area contributed by atoms with Gasteiger partial charge in [-0.2, -0.15) is 10.2 Å². The monoisotopic (exact) mass is 419 g/mol. The normalized spacial score (nSPS) is 11.8. The Balaban J connectivity index is 2.23. The van der Waals surface area contributed by atoms with Gasteiger partial charge in [0.05, 0.1) is 4.99 Å². The maximum Gasteiger partial charge on any atom is 0.186 e. The van der Waals surface area contributed by atoms with Crippen LogP contribution < -0.4 is 16.2 Å². The van der Waals surface area contributed by atoms with Crippen molar-refractivity contribution in [1.82, 2.24) is 16.2 Å². The number of hydrazone groups is 2. The van der Waals surface area contributed by atoms with Gasteiger partial charge in [-0.3, -0.25) is 10.9 Å². The van der Waals surface area contributed by atoms with E-state index in [9.17, 15) is 0 Å². The van der Waals surface area contributed by atoms with E-state index >= 15 is 0 Å². The minimum absolute atomic E-state index is 0.411. The molecule has 3 aromatic rings. The van der Waals surface area contributed by atoms with E-state index in [0.29, 0.717) is 21.5 Å². The van der Waals surface area contributed by atoms with Gasteiger partial charge in [0.25, 0.3) is 0 Å². The molecular formula is C22H21N5S2. The molecule has 7 heteroatoms. The van der Waals surface area contributed by atoms with Crippen LogP contribution in [0.3, 0.4) is 0 Å². The van der Waals surface area contributed by atoms with E-state index in [0.717, 1.165) is 21.9 Å². The van der Waals surface area contributed by atoms with E-state index in [1.54, 1.807) is 14.0 Å². The van der Waals surface area contributed by atoms with Crippen molar-refractivity contribution in [3.63, 3.8) is 0 Å². The van der Waals surface area contributed by atoms with E-state index in [-0.39, 0.29) is 0 Å². The van der Waals surface area contributed by atoms with E-state index < -0.39 is 0 Å². The molecule has 3 N–H and O–H groups in total. The fourth-order valence-corrected chi connectivity index (χ4v) is 2.91. The quantitative estimate of drug-likeness (QED) is 0.332. The van der Waals surface area contributed by atoms with Crippen LogP contribution in [0.2, 0.25) is 0 Å². The molecule has 5 nitrogen and oxygen atoms in total. The summed E-state index contributed by atoms with van der Waals surface area (Å²) in [6.07, 6.45) is 0. The second kappa shape index (κ2) is 9.86. The molecule has 0 fully saturated rings. The molecule has 3 rings (SSSR count). The van der Waals surface area contributed by atoms with Crippen LogP contribution in [0, 0.1) is 0 Å². The van der Waals surface area contributed by atoms with Gasteiger partial charge >= 0.3 is 0 Å². The summed E-state index contributed by atoms with van der Waals surface area (Å²) in [7, 11) is 1.74. The third kappa shape index (κ3) is 5.22. The molecule has 29 heavy (non-hydrogen) atoms. The molecule has 0 bridgehead atoms. The number of thiocarbonyl (C=S) groups is 2. The van der Waals surface area contributed by atoms with Crippen molar-refractivity contribution >= 4 is 56.7 Å². The highest BCUT2D eigenvalue weighted by Crippen LogP contribution is 2.21. The average molecular weight is 420 g/mol. The van der Waals surface area contributed by atoms with E-state index in [1.165, 1.54) is 0 Å². The van der Waals surface area contributed by atoms with Crippen LogP contribution in [0.4, 0.5) is 0 Å². The minimum Gasteiger partial charge on any atom is -0.364 e. The highest BCUT2D eigenvalue weighted by Gasteiger charge is 2.18. The van der Waals surface area contributed by atoms with Gasteiger partial charge in [0.2, 0.25) is 0 Å². The van der Waals surface area contributed by atoms with Crippen molar-refractivity contribution in [3.8, 4) is 0 Å².